The number of rotatable bonds is 5. The Kier molecular flexibility index (Phi) is 6.42. The third kappa shape index (κ3) is 4.17. The minimum absolute atomic E-state index is 0.00842. The van der Waals surface area contributed by atoms with Crippen LogP contribution in [0.1, 0.15) is 38.7 Å². The number of anilines is 1. The lowest BCUT2D eigenvalue weighted by molar-refractivity contribution is -0.132. The van der Waals surface area contributed by atoms with Gasteiger partial charge in [0.1, 0.15) is 11.5 Å². The van der Waals surface area contributed by atoms with Gasteiger partial charge in [0.25, 0.3) is 11.7 Å². The molecule has 0 radical (unpaired) electrons. The van der Waals surface area contributed by atoms with E-state index < -0.39 is 23.7 Å². The third-order valence-corrected chi connectivity index (χ3v) is 6.12. The van der Waals surface area contributed by atoms with Crippen molar-refractivity contribution in [2.75, 3.05) is 19.1 Å². The number of esters is 1. The van der Waals surface area contributed by atoms with Crippen molar-refractivity contribution < 1.29 is 29.0 Å². The summed E-state index contributed by atoms with van der Waals surface area (Å²) in [5.41, 5.74) is 3.31. The summed E-state index contributed by atoms with van der Waals surface area (Å²) in [5.74, 6) is -1.67. The van der Waals surface area contributed by atoms with Gasteiger partial charge in [0.15, 0.2) is 0 Å². The number of Topliss-reactive ketones (excluding diaryl/α,β-unsaturated/α-hetero) is 1. The molecule has 0 saturated carbocycles. The topological polar surface area (TPSA) is 93.1 Å². The number of carbonyl (C=O) groups is 3. The largest absolute Gasteiger partial charge is 0.507 e. The molecule has 3 aromatic rings. The lowest BCUT2D eigenvalue weighted by atomic mass is 9.93. The van der Waals surface area contributed by atoms with E-state index in [1.807, 2.05) is 13.0 Å². The van der Waals surface area contributed by atoms with E-state index in [4.69, 9.17) is 9.47 Å². The van der Waals surface area contributed by atoms with Gasteiger partial charge in [-0.25, -0.2) is 4.79 Å². The van der Waals surface area contributed by atoms with Gasteiger partial charge in [-0.1, -0.05) is 30.3 Å². The predicted octanol–water partition coefficient (Wildman–Crippen LogP) is 4.72. The lowest BCUT2D eigenvalue weighted by Crippen LogP contribution is -2.29. The summed E-state index contributed by atoms with van der Waals surface area (Å²) in [4.78, 5) is 39.8. The maximum Gasteiger partial charge on any atom is 0.337 e. The van der Waals surface area contributed by atoms with Crippen LogP contribution in [0.25, 0.3) is 5.76 Å². The van der Waals surface area contributed by atoms with E-state index in [0.717, 1.165) is 5.56 Å². The van der Waals surface area contributed by atoms with Crippen LogP contribution in [0.15, 0.2) is 72.3 Å². The van der Waals surface area contributed by atoms with Crippen LogP contribution in [0.2, 0.25) is 0 Å². The molecule has 1 unspecified atom stereocenters. The van der Waals surface area contributed by atoms with Crippen LogP contribution >= 0.6 is 0 Å². The van der Waals surface area contributed by atoms with E-state index >= 15 is 0 Å². The van der Waals surface area contributed by atoms with Crippen LogP contribution in [-0.4, -0.2) is 37.0 Å². The van der Waals surface area contributed by atoms with E-state index in [1.165, 1.54) is 24.1 Å². The Morgan fingerprint density at radius 1 is 0.914 bits per heavy atom. The van der Waals surface area contributed by atoms with Crippen LogP contribution in [0, 0.1) is 13.8 Å². The van der Waals surface area contributed by atoms with E-state index in [0.29, 0.717) is 33.7 Å². The molecule has 0 bridgehead atoms. The van der Waals surface area contributed by atoms with Crippen LogP contribution in [-0.2, 0) is 14.3 Å². The second-order valence-corrected chi connectivity index (χ2v) is 8.25. The number of hydrogen-bond donors (Lipinski definition) is 1. The number of aliphatic hydroxyl groups excluding tert-OH is 1. The van der Waals surface area contributed by atoms with Gasteiger partial charge in [-0.2, -0.15) is 0 Å². The molecule has 0 spiro atoms. The van der Waals surface area contributed by atoms with Gasteiger partial charge >= 0.3 is 5.97 Å². The molecule has 35 heavy (non-hydrogen) atoms. The summed E-state index contributed by atoms with van der Waals surface area (Å²) in [6, 6.07) is 17.9. The third-order valence-electron chi connectivity index (χ3n) is 6.12. The highest BCUT2D eigenvalue weighted by atomic mass is 16.5. The quantitative estimate of drug-likeness (QED) is 0.250. The van der Waals surface area contributed by atoms with Crippen LogP contribution in [0.4, 0.5) is 5.69 Å². The van der Waals surface area contributed by atoms with Gasteiger partial charge in [-0.05, 0) is 66.9 Å². The molecule has 0 aliphatic carbocycles. The van der Waals surface area contributed by atoms with Gasteiger partial charge in [0, 0.05) is 11.3 Å². The van der Waals surface area contributed by atoms with E-state index in [1.54, 1.807) is 62.6 Å². The van der Waals surface area contributed by atoms with Crippen LogP contribution in [0.3, 0.4) is 0 Å². The normalized spacial score (nSPS) is 16.9. The number of hydrogen-bond acceptors (Lipinski definition) is 6. The molecule has 4 rings (SSSR count). The maximum atomic E-state index is 13.3. The second kappa shape index (κ2) is 9.46. The van der Waals surface area contributed by atoms with Crippen molar-refractivity contribution in [3.63, 3.8) is 0 Å². The second-order valence-electron chi connectivity index (χ2n) is 8.25. The molecule has 1 fully saturated rings. The molecule has 1 aliphatic heterocycles. The average molecular weight is 472 g/mol. The molecule has 178 valence electrons. The van der Waals surface area contributed by atoms with E-state index in [9.17, 15) is 19.5 Å². The molecule has 1 aliphatic rings. The molecule has 1 N–H and O–H groups in total. The summed E-state index contributed by atoms with van der Waals surface area (Å²) in [6.45, 7) is 3.64. The number of carbonyl (C=O) groups excluding carboxylic acids is 3. The zero-order chi connectivity index (χ0) is 25.3. The molecule has 1 atom stereocenters. The molecule has 3 aromatic carbocycles. The first-order valence-electron chi connectivity index (χ1n) is 11.0. The molecule has 1 amide bonds. The standard InChI is InChI=1S/C28H25NO6/c1-16-15-22(34-3)17(2)14-21(16)25(30)23-24(18-8-6-5-7-9-18)29(27(32)26(23)31)20-12-10-19(11-13-20)28(33)35-4/h5-15,24,30H,1-4H3/b25-23+. The van der Waals surface area contributed by atoms with Crippen molar-refractivity contribution in [3.05, 3.63) is 100 Å². The highest BCUT2D eigenvalue weighted by molar-refractivity contribution is 6.51. The molecule has 1 saturated heterocycles. The van der Waals surface area contributed by atoms with Gasteiger partial charge < -0.3 is 14.6 Å². The molecule has 7 nitrogen and oxygen atoms in total. The number of methoxy groups -OCH3 is 2. The minimum atomic E-state index is -0.859. The highest BCUT2D eigenvalue weighted by Gasteiger charge is 2.47. The van der Waals surface area contributed by atoms with Crippen LogP contribution in [0.5, 0.6) is 5.75 Å². The van der Waals surface area contributed by atoms with Gasteiger partial charge in [-0.15, -0.1) is 0 Å². The van der Waals surface area contributed by atoms with Crippen molar-refractivity contribution in [1.29, 1.82) is 0 Å². The summed E-state index contributed by atoms with van der Waals surface area (Å²) < 4.78 is 10.1. The first-order chi connectivity index (χ1) is 16.8. The van der Waals surface area contributed by atoms with Crippen molar-refractivity contribution >= 4 is 29.1 Å². The predicted molar refractivity (Wildman–Crippen MR) is 131 cm³/mol. The fraction of sp³-hybridized carbons (Fsp3) is 0.179. The Hall–Kier alpha value is -4.39. The van der Waals surface area contributed by atoms with Gasteiger partial charge in [0.2, 0.25) is 0 Å². The van der Waals surface area contributed by atoms with Crippen molar-refractivity contribution in [1.82, 2.24) is 0 Å². The molecule has 0 aromatic heterocycles. The highest BCUT2D eigenvalue weighted by Crippen LogP contribution is 2.43. The first kappa shape index (κ1) is 23.8. The number of ether oxygens (including phenoxy) is 2. The summed E-state index contributed by atoms with van der Waals surface area (Å²) >= 11 is 0. The molecule has 1 heterocycles. The monoisotopic (exact) mass is 471 g/mol. The number of aliphatic hydroxyl groups is 1. The van der Waals surface area contributed by atoms with Gasteiger partial charge in [0.05, 0.1) is 31.4 Å². The zero-order valence-electron chi connectivity index (χ0n) is 19.9. The Bertz CT molecular complexity index is 1340. The zero-order valence-corrected chi connectivity index (χ0v) is 19.9. The van der Waals surface area contributed by atoms with Crippen molar-refractivity contribution in [2.45, 2.75) is 19.9 Å². The first-order valence-corrected chi connectivity index (χ1v) is 11.0. The van der Waals surface area contributed by atoms with E-state index in [-0.39, 0.29) is 11.3 Å². The number of nitrogens with zero attached hydrogens (tertiary/aromatic N) is 1. The molecular weight excluding hydrogens is 446 g/mol. The van der Waals surface area contributed by atoms with Crippen molar-refractivity contribution in [3.8, 4) is 5.75 Å². The number of ketones is 1. The summed E-state index contributed by atoms with van der Waals surface area (Å²) in [7, 11) is 2.85. The number of aryl methyl sites for hydroxylation is 2. The van der Waals surface area contributed by atoms with E-state index in [2.05, 4.69) is 0 Å². The summed E-state index contributed by atoms with van der Waals surface area (Å²) in [5, 5.41) is 11.4. The average Bonchev–Trinajstić information content (AvgIpc) is 3.15. The molecular formula is C28H25NO6. The lowest BCUT2D eigenvalue weighted by Gasteiger charge is -2.25. The smallest absolute Gasteiger partial charge is 0.337 e. The Morgan fingerprint density at radius 2 is 1.57 bits per heavy atom. The SMILES string of the molecule is COC(=O)c1ccc(N2C(=O)C(=O)/C(=C(/O)c3cc(C)c(OC)cc3C)C2c2ccccc2)cc1. The van der Waals surface area contributed by atoms with Crippen LogP contribution < -0.4 is 9.64 Å². The molecule has 7 heteroatoms. The Labute approximate surface area is 203 Å². The minimum Gasteiger partial charge on any atom is -0.507 e. The Morgan fingerprint density at radius 3 is 2.17 bits per heavy atom. The fourth-order valence-corrected chi connectivity index (χ4v) is 4.34. The number of amides is 1. The summed E-state index contributed by atoms with van der Waals surface area (Å²) in [6.07, 6.45) is 0. The Balaban J connectivity index is 1.91. The van der Waals surface area contributed by atoms with Gasteiger partial charge in [-0.3, -0.25) is 14.5 Å². The maximum absolute atomic E-state index is 13.3. The number of benzene rings is 3. The fourth-order valence-electron chi connectivity index (χ4n) is 4.34. The van der Waals surface area contributed by atoms with Crippen molar-refractivity contribution in [2.24, 2.45) is 0 Å².